The van der Waals surface area contributed by atoms with E-state index in [0.29, 0.717) is 5.92 Å². The van der Waals surface area contributed by atoms with Gasteiger partial charge in [0, 0.05) is 12.4 Å². The molecule has 0 radical (unpaired) electrons. The summed E-state index contributed by atoms with van der Waals surface area (Å²) in [6.07, 6.45) is 5.66. The van der Waals surface area contributed by atoms with Crippen molar-refractivity contribution in [3.8, 4) is 0 Å². The Morgan fingerprint density at radius 3 is 2.38 bits per heavy atom. The molecule has 0 unspecified atom stereocenters. The zero-order chi connectivity index (χ0) is 6.41. The maximum atomic E-state index is 3.91. The Morgan fingerprint density at radius 1 is 1.38 bits per heavy atom. The second kappa shape index (κ2) is 4.57. The third-order valence-electron chi connectivity index (χ3n) is 0.706. The highest BCUT2D eigenvalue weighted by Gasteiger charge is 1.78. The smallest absolute Gasteiger partial charge is 0.0226 e. The fourth-order valence-corrected chi connectivity index (χ4v) is 0.308. The van der Waals surface area contributed by atoms with Crippen molar-refractivity contribution in [1.82, 2.24) is 0 Å². The third-order valence-corrected chi connectivity index (χ3v) is 0.706. The summed E-state index contributed by atoms with van der Waals surface area (Å²) in [5, 5.41) is 0. The Labute approximate surface area is 51.1 Å². The summed E-state index contributed by atoms with van der Waals surface area (Å²) in [4.78, 5) is 3.91. The maximum Gasteiger partial charge on any atom is 0.0226 e. The number of aliphatic imine (C=N–C) groups is 1. The van der Waals surface area contributed by atoms with Gasteiger partial charge in [-0.2, -0.15) is 0 Å². The molecule has 0 heterocycles. The molecule has 0 aromatic heterocycles. The minimum absolute atomic E-state index is 0.610. The van der Waals surface area contributed by atoms with Crippen LogP contribution in [0, 0.1) is 5.92 Å². The first kappa shape index (κ1) is 7.41. The SMILES string of the molecule is C/C=N\C=C/C(C)C. The van der Waals surface area contributed by atoms with Crippen LogP contribution < -0.4 is 0 Å². The molecule has 1 heteroatoms. The van der Waals surface area contributed by atoms with Gasteiger partial charge in [0.25, 0.3) is 0 Å². The van der Waals surface area contributed by atoms with Crippen LogP contribution in [0.25, 0.3) is 0 Å². The van der Waals surface area contributed by atoms with Gasteiger partial charge in [-0.25, -0.2) is 0 Å². The van der Waals surface area contributed by atoms with Crippen LogP contribution in [0.1, 0.15) is 20.8 Å². The predicted molar refractivity (Wildman–Crippen MR) is 38.1 cm³/mol. The quantitative estimate of drug-likeness (QED) is 0.484. The van der Waals surface area contributed by atoms with E-state index in [-0.39, 0.29) is 0 Å². The summed E-state index contributed by atoms with van der Waals surface area (Å²) in [7, 11) is 0. The van der Waals surface area contributed by atoms with Crippen molar-refractivity contribution >= 4 is 6.21 Å². The molecule has 0 aliphatic heterocycles. The minimum atomic E-state index is 0.610. The molecule has 0 fully saturated rings. The number of hydrogen-bond donors (Lipinski definition) is 0. The van der Waals surface area contributed by atoms with E-state index in [2.05, 4.69) is 24.9 Å². The van der Waals surface area contributed by atoms with Crippen LogP contribution in [0.2, 0.25) is 0 Å². The van der Waals surface area contributed by atoms with Gasteiger partial charge in [-0.3, -0.25) is 4.99 Å². The van der Waals surface area contributed by atoms with E-state index in [1.54, 1.807) is 6.21 Å². The first-order valence-electron chi connectivity index (χ1n) is 2.92. The van der Waals surface area contributed by atoms with Gasteiger partial charge in [-0.05, 0) is 12.8 Å². The average molecular weight is 111 g/mol. The van der Waals surface area contributed by atoms with E-state index in [1.807, 2.05) is 13.1 Å². The van der Waals surface area contributed by atoms with E-state index in [4.69, 9.17) is 0 Å². The minimum Gasteiger partial charge on any atom is -0.270 e. The molecule has 0 aromatic rings. The van der Waals surface area contributed by atoms with Crippen LogP contribution in [0.5, 0.6) is 0 Å². The first-order chi connectivity index (χ1) is 3.77. The molecule has 0 amide bonds. The topological polar surface area (TPSA) is 12.4 Å². The van der Waals surface area contributed by atoms with Crippen molar-refractivity contribution in [2.24, 2.45) is 10.9 Å². The van der Waals surface area contributed by atoms with Crippen LogP contribution in [0.15, 0.2) is 17.3 Å². The predicted octanol–water partition coefficient (Wildman–Crippen LogP) is 2.25. The zero-order valence-electron chi connectivity index (χ0n) is 5.76. The van der Waals surface area contributed by atoms with Crippen LogP contribution in [0.4, 0.5) is 0 Å². The Kier molecular flexibility index (Phi) is 4.23. The Bertz CT molecular complexity index is 90.6. The largest absolute Gasteiger partial charge is 0.270 e. The Balaban J connectivity index is 3.34. The van der Waals surface area contributed by atoms with E-state index >= 15 is 0 Å². The average Bonchev–Trinajstić information content (AvgIpc) is 1.66. The molecule has 0 spiro atoms. The molecule has 46 valence electrons. The fraction of sp³-hybridized carbons (Fsp3) is 0.571. The molecule has 0 aromatic carbocycles. The van der Waals surface area contributed by atoms with Crippen LogP contribution in [-0.4, -0.2) is 6.21 Å². The van der Waals surface area contributed by atoms with Crippen molar-refractivity contribution in [2.45, 2.75) is 20.8 Å². The van der Waals surface area contributed by atoms with E-state index in [0.717, 1.165) is 0 Å². The summed E-state index contributed by atoms with van der Waals surface area (Å²) < 4.78 is 0. The molecule has 1 nitrogen and oxygen atoms in total. The molecule has 0 N–H and O–H groups in total. The lowest BCUT2D eigenvalue weighted by Crippen LogP contribution is -1.74. The lowest BCUT2D eigenvalue weighted by atomic mass is 10.2. The molecule has 0 saturated heterocycles. The van der Waals surface area contributed by atoms with Gasteiger partial charge in [-0.15, -0.1) is 0 Å². The van der Waals surface area contributed by atoms with Crippen molar-refractivity contribution in [3.63, 3.8) is 0 Å². The zero-order valence-corrected chi connectivity index (χ0v) is 5.76. The molecule has 8 heavy (non-hydrogen) atoms. The lowest BCUT2D eigenvalue weighted by Gasteiger charge is -1.87. The highest BCUT2D eigenvalue weighted by atomic mass is 14.6. The maximum absolute atomic E-state index is 3.91. The molecule has 0 aliphatic carbocycles. The number of hydrogen-bond acceptors (Lipinski definition) is 1. The summed E-state index contributed by atoms with van der Waals surface area (Å²) >= 11 is 0. The lowest BCUT2D eigenvalue weighted by molar-refractivity contribution is 0.829. The van der Waals surface area contributed by atoms with Crippen LogP contribution in [-0.2, 0) is 0 Å². The second-order valence-corrected chi connectivity index (χ2v) is 1.99. The van der Waals surface area contributed by atoms with E-state index < -0.39 is 0 Å². The first-order valence-corrected chi connectivity index (χ1v) is 2.92. The van der Waals surface area contributed by atoms with E-state index in [1.165, 1.54) is 0 Å². The van der Waals surface area contributed by atoms with Crippen molar-refractivity contribution < 1.29 is 0 Å². The molecule has 0 aliphatic rings. The highest BCUT2D eigenvalue weighted by Crippen LogP contribution is 1.91. The third kappa shape index (κ3) is 5.41. The molecule has 0 rings (SSSR count). The van der Waals surface area contributed by atoms with Gasteiger partial charge in [0.05, 0.1) is 0 Å². The van der Waals surface area contributed by atoms with E-state index in [9.17, 15) is 0 Å². The summed E-state index contributed by atoms with van der Waals surface area (Å²) in [6.45, 7) is 6.16. The summed E-state index contributed by atoms with van der Waals surface area (Å²) in [6, 6.07) is 0. The monoisotopic (exact) mass is 111 g/mol. The van der Waals surface area contributed by atoms with Gasteiger partial charge >= 0.3 is 0 Å². The van der Waals surface area contributed by atoms with Gasteiger partial charge < -0.3 is 0 Å². The number of allylic oxidation sites excluding steroid dienone is 1. The van der Waals surface area contributed by atoms with Crippen LogP contribution in [0.3, 0.4) is 0 Å². The van der Waals surface area contributed by atoms with Crippen molar-refractivity contribution in [3.05, 3.63) is 12.3 Å². The normalized spacial score (nSPS) is 12.5. The van der Waals surface area contributed by atoms with Crippen molar-refractivity contribution in [2.75, 3.05) is 0 Å². The van der Waals surface area contributed by atoms with Gasteiger partial charge in [-0.1, -0.05) is 19.9 Å². The van der Waals surface area contributed by atoms with Gasteiger partial charge in [0.1, 0.15) is 0 Å². The Hall–Kier alpha value is -0.590. The second-order valence-electron chi connectivity index (χ2n) is 1.99. The number of rotatable bonds is 2. The Morgan fingerprint density at radius 2 is 2.00 bits per heavy atom. The standard InChI is InChI=1S/C7H13N/c1-4-8-6-5-7(2)3/h4-7H,1-3H3/b6-5-,8-4-. The summed E-state index contributed by atoms with van der Waals surface area (Å²) in [5.41, 5.74) is 0. The fourth-order valence-electron chi connectivity index (χ4n) is 0.308. The molecular formula is C7H13N. The van der Waals surface area contributed by atoms with Crippen molar-refractivity contribution in [1.29, 1.82) is 0 Å². The molecular weight excluding hydrogens is 98.1 g/mol. The van der Waals surface area contributed by atoms with Gasteiger partial charge in [0.15, 0.2) is 0 Å². The van der Waals surface area contributed by atoms with Gasteiger partial charge in [0.2, 0.25) is 0 Å². The number of nitrogens with zero attached hydrogens (tertiary/aromatic N) is 1. The molecule has 0 saturated carbocycles. The highest BCUT2D eigenvalue weighted by molar-refractivity contribution is 5.54. The molecule has 0 bridgehead atoms. The summed E-state index contributed by atoms with van der Waals surface area (Å²) in [5.74, 6) is 0.610. The van der Waals surface area contributed by atoms with Crippen LogP contribution >= 0.6 is 0 Å². The molecule has 0 atom stereocenters.